The summed E-state index contributed by atoms with van der Waals surface area (Å²) in [6.45, 7) is 3.78. The number of carbonyl (C=O) groups excluding carboxylic acids is 2. The Labute approximate surface area is 125 Å². The lowest BCUT2D eigenvalue weighted by molar-refractivity contribution is 0.102. The van der Waals surface area contributed by atoms with Crippen molar-refractivity contribution in [1.29, 1.82) is 0 Å². The molecule has 6 nitrogen and oxygen atoms in total. The maximum absolute atomic E-state index is 12.2. The van der Waals surface area contributed by atoms with E-state index in [1.807, 2.05) is 13.8 Å². The van der Waals surface area contributed by atoms with Gasteiger partial charge in [0.05, 0.1) is 17.2 Å². The summed E-state index contributed by atoms with van der Waals surface area (Å²) in [4.78, 5) is 27.1. The number of hydrogen-bond donors (Lipinski definition) is 2. The van der Waals surface area contributed by atoms with E-state index in [0.717, 1.165) is 11.3 Å². The van der Waals surface area contributed by atoms with E-state index < -0.39 is 0 Å². The summed E-state index contributed by atoms with van der Waals surface area (Å²) in [7, 11) is 0. The zero-order chi connectivity index (χ0) is 15.4. The molecule has 1 heterocycles. The minimum atomic E-state index is -0.359. The Balaban J connectivity index is 2.18. The largest absolute Gasteiger partial charge is 0.491 e. The van der Waals surface area contributed by atoms with Crippen molar-refractivity contribution in [2.24, 2.45) is 0 Å². The van der Waals surface area contributed by atoms with Gasteiger partial charge in [-0.1, -0.05) is 11.3 Å². The topological polar surface area (TPSA) is 94.3 Å². The fraction of sp³-hybridized carbons (Fsp3) is 0.214. The van der Waals surface area contributed by atoms with Gasteiger partial charge in [0.15, 0.2) is 11.4 Å². The van der Waals surface area contributed by atoms with Crippen LogP contribution in [-0.4, -0.2) is 23.3 Å². The van der Waals surface area contributed by atoms with Crippen molar-refractivity contribution in [2.45, 2.75) is 20.0 Å². The van der Waals surface area contributed by atoms with Gasteiger partial charge in [-0.05, 0) is 26.0 Å². The molecule has 2 aromatic rings. The average Bonchev–Trinajstić information content (AvgIpc) is 2.84. The molecule has 0 aliphatic rings. The van der Waals surface area contributed by atoms with Crippen LogP contribution in [0.3, 0.4) is 0 Å². The average molecular weight is 305 g/mol. The summed E-state index contributed by atoms with van der Waals surface area (Å²) < 4.78 is 5.54. The minimum absolute atomic E-state index is 0.0168. The Morgan fingerprint density at radius 3 is 2.81 bits per heavy atom. The third kappa shape index (κ3) is 4.03. The first-order valence-electron chi connectivity index (χ1n) is 6.27. The van der Waals surface area contributed by atoms with Crippen LogP contribution in [0.1, 0.15) is 33.9 Å². The van der Waals surface area contributed by atoms with Gasteiger partial charge in [-0.2, -0.15) is 0 Å². The number of anilines is 2. The highest BCUT2D eigenvalue weighted by molar-refractivity contribution is 7.17. The zero-order valence-electron chi connectivity index (χ0n) is 11.6. The Kier molecular flexibility index (Phi) is 4.54. The molecule has 1 aromatic heterocycles. The highest BCUT2D eigenvalue weighted by Crippen LogP contribution is 2.22. The molecule has 0 saturated heterocycles. The summed E-state index contributed by atoms with van der Waals surface area (Å²) >= 11 is 1.10. The van der Waals surface area contributed by atoms with Crippen LogP contribution in [0, 0.1) is 0 Å². The first-order chi connectivity index (χ1) is 9.97. The van der Waals surface area contributed by atoms with Gasteiger partial charge in [-0.25, -0.2) is 4.98 Å². The van der Waals surface area contributed by atoms with Gasteiger partial charge in [0.1, 0.15) is 5.75 Å². The van der Waals surface area contributed by atoms with E-state index in [-0.39, 0.29) is 12.0 Å². The molecule has 0 bridgehead atoms. The SMILES string of the molecule is CC(C)Oc1cc(N)cc(C(=O)Nc2ncc(C=O)s2)c1. The minimum Gasteiger partial charge on any atom is -0.491 e. The van der Waals surface area contributed by atoms with Crippen molar-refractivity contribution in [3.8, 4) is 5.75 Å². The fourth-order valence-corrected chi connectivity index (χ4v) is 2.29. The molecule has 0 fully saturated rings. The predicted molar refractivity (Wildman–Crippen MR) is 82.1 cm³/mol. The number of nitrogens with two attached hydrogens (primary N) is 1. The van der Waals surface area contributed by atoms with Crippen LogP contribution >= 0.6 is 11.3 Å². The number of amides is 1. The number of rotatable bonds is 5. The number of carbonyl (C=O) groups is 2. The van der Waals surface area contributed by atoms with Gasteiger partial charge in [0.2, 0.25) is 0 Å². The number of ether oxygens (including phenoxy) is 1. The quantitative estimate of drug-likeness (QED) is 0.654. The Morgan fingerprint density at radius 1 is 1.43 bits per heavy atom. The Hall–Kier alpha value is -2.41. The summed E-state index contributed by atoms with van der Waals surface area (Å²) in [5, 5.41) is 2.98. The molecule has 0 aliphatic heterocycles. The van der Waals surface area contributed by atoms with E-state index in [4.69, 9.17) is 10.5 Å². The molecular weight excluding hydrogens is 290 g/mol. The van der Waals surface area contributed by atoms with Gasteiger partial charge in [-0.15, -0.1) is 0 Å². The van der Waals surface area contributed by atoms with E-state index in [1.54, 1.807) is 18.2 Å². The predicted octanol–water partition coefficient (Wildman–Crippen LogP) is 2.58. The first kappa shape index (κ1) is 15.0. The molecule has 0 aliphatic carbocycles. The number of thiazole rings is 1. The van der Waals surface area contributed by atoms with Gasteiger partial charge in [0.25, 0.3) is 5.91 Å². The summed E-state index contributed by atoms with van der Waals surface area (Å²) in [6, 6.07) is 4.82. The third-order valence-electron chi connectivity index (χ3n) is 2.42. The van der Waals surface area contributed by atoms with Crippen LogP contribution in [0.4, 0.5) is 10.8 Å². The van der Waals surface area contributed by atoms with Crippen LogP contribution in [0.15, 0.2) is 24.4 Å². The van der Waals surface area contributed by atoms with Gasteiger partial charge in [0, 0.05) is 17.3 Å². The first-order valence-corrected chi connectivity index (χ1v) is 7.09. The van der Waals surface area contributed by atoms with Crippen molar-refractivity contribution in [3.63, 3.8) is 0 Å². The lowest BCUT2D eigenvalue weighted by Crippen LogP contribution is -2.13. The molecule has 0 radical (unpaired) electrons. The second-order valence-corrected chi connectivity index (χ2v) is 5.66. The molecule has 21 heavy (non-hydrogen) atoms. The number of nitrogen functional groups attached to an aromatic ring is 1. The molecule has 0 saturated carbocycles. The van der Waals surface area contributed by atoms with Gasteiger partial charge < -0.3 is 10.5 Å². The second kappa shape index (κ2) is 6.36. The zero-order valence-corrected chi connectivity index (χ0v) is 12.4. The highest BCUT2D eigenvalue weighted by atomic mass is 32.1. The van der Waals surface area contributed by atoms with Crippen molar-refractivity contribution in [1.82, 2.24) is 4.98 Å². The van der Waals surface area contributed by atoms with E-state index in [9.17, 15) is 9.59 Å². The van der Waals surface area contributed by atoms with Crippen LogP contribution in [0.25, 0.3) is 0 Å². The lowest BCUT2D eigenvalue weighted by Gasteiger charge is -2.11. The Bertz CT molecular complexity index is 667. The summed E-state index contributed by atoms with van der Waals surface area (Å²) in [6.07, 6.45) is 2.07. The smallest absolute Gasteiger partial charge is 0.257 e. The molecule has 2 rings (SSSR count). The number of nitrogens with one attached hydrogen (secondary N) is 1. The number of nitrogens with zero attached hydrogens (tertiary/aromatic N) is 1. The summed E-state index contributed by atoms with van der Waals surface area (Å²) in [5.74, 6) is 0.172. The maximum Gasteiger partial charge on any atom is 0.257 e. The molecule has 110 valence electrons. The monoisotopic (exact) mass is 305 g/mol. The van der Waals surface area contributed by atoms with Gasteiger partial charge in [-0.3, -0.25) is 14.9 Å². The van der Waals surface area contributed by atoms with Crippen molar-refractivity contribution >= 4 is 34.3 Å². The van der Waals surface area contributed by atoms with Crippen molar-refractivity contribution < 1.29 is 14.3 Å². The van der Waals surface area contributed by atoms with E-state index >= 15 is 0 Å². The standard InChI is InChI=1S/C14H15N3O3S/c1-8(2)20-11-4-9(3-10(15)5-11)13(19)17-14-16-6-12(7-18)21-14/h3-8H,15H2,1-2H3,(H,16,17,19). The number of hydrogen-bond acceptors (Lipinski definition) is 6. The van der Waals surface area contributed by atoms with Crippen LogP contribution in [-0.2, 0) is 0 Å². The second-order valence-electron chi connectivity index (χ2n) is 4.60. The van der Waals surface area contributed by atoms with Crippen molar-refractivity contribution in [3.05, 3.63) is 34.8 Å². The highest BCUT2D eigenvalue weighted by Gasteiger charge is 2.12. The van der Waals surface area contributed by atoms with Gasteiger partial charge >= 0.3 is 0 Å². The number of benzene rings is 1. The molecule has 0 unspecified atom stereocenters. The molecule has 0 atom stereocenters. The number of aldehydes is 1. The van der Waals surface area contributed by atoms with Crippen molar-refractivity contribution in [2.75, 3.05) is 11.1 Å². The van der Waals surface area contributed by atoms with Crippen LogP contribution in [0.5, 0.6) is 5.75 Å². The maximum atomic E-state index is 12.2. The molecule has 0 spiro atoms. The normalized spacial score (nSPS) is 10.4. The lowest BCUT2D eigenvalue weighted by atomic mass is 10.1. The molecule has 3 N–H and O–H groups in total. The molecule has 1 aromatic carbocycles. The van der Waals surface area contributed by atoms with E-state index in [2.05, 4.69) is 10.3 Å². The molecule has 7 heteroatoms. The third-order valence-corrected chi connectivity index (χ3v) is 3.26. The van der Waals surface area contributed by atoms with Crippen LogP contribution in [0.2, 0.25) is 0 Å². The van der Waals surface area contributed by atoms with Crippen LogP contribution < -0.4 is 15.8 Å². The van der Waals surface area contributed by atoms with E-state index in [1.165, 1.54) is 6.20 Å². The Morgan fingerprint density at radius 2 is 2.19 bits per heavy atom. The molecular formula is C14H15N3O3S. The fourth-order valence-electron chi connectivity index (χ4n) is 1.66. The van der Waals surface area contributed by atoms with E-state index in [0.29, 0.717) is 33.3 Å². The molecule has 1 amide bonds. The summed E-state index contributed by atoms with van der Waals surface area (Å²) in [5.41, 5.74) is 6.58. The number of aromatic nitrogens is 1.